The maximum Gasteiger partial charge on any atom is 0.270 e. The Bertz CT molecular complexity index is 1110. The zero-order valence-electron chi connectivity index (χ0n) is 13.6. The van der Waals surface area contributed by atoms with Crippen LogP contribution in [0.25, 0.3) is 5.82 Å². The number of nitrogens with one attached hydrogen (secondary N) is 1. The number of hydrogen-bond donors (Lipinski definition) is 1. The third-order valence-corrected chi connectivity index (χ3v) is 3.49. The minimum Gasteiger partial charge on any atom is -0.323 e. The lowest BCUT2D eigenvalue weighted by Gasteiger charge is -2.09. The predicted molar refractivity (Wildman–Crippen MR) is 92.1 cm³/mol. The van der Waals surface area contributed by atoms with Gasteiger partial charge in [-0.15, -0.1) is 5.10 Å². The van der Waals surface area contributed by atoms with Gasteiger partial charge in [0.25, 0.3) is 11.2 Å². The Balaban J connectivity index is 1.81. The zero-order valence-corrected chi connectivity index (χ0v) is 13.6. The van der Waals surface area contributed by atoms with Crippen LogP contribution < -0.4 is 10.9 Å². The van der Waals surface area contributed by atoms with E-state index in [1.807, 2.05) is 0 Å². The normalized spacial score (nSPS) is 10.2. The van der Waals surface area contributed by atoms with Crippen molar-refractivity contribution in [1.29, 1.82) is 5.26 Å². The number of nitrogens with zero attached hydrogens (tertiary/aromatic N) is 6. The Morgan fingerprint density at radius 2 is 2.15 bits per heavy atom. The highest BCUT2D eigenvalue weighted by Crippen LogP contribution is 2.21. The van der Waals surface area contributed by atoms with Crippen molar-refractivity contribution in [2.24, 2.45) is 0 Å². The highest BCUT2D eigenvalue weighted by Gasteiger charge is 2.14. The summed E-state index contributed by atoms with van der Waals surface area (Å²) in [6.07, 6.45) is 3.18. The van der Waals surface area contributed by atoms with E-state index in [9.17, 15) is 19.7 Å². The zero-order chi connectivity index (χ0) is 19.4. The van der Waals surface area contributed by atoms with E-state index in [2.05, 4.69) is 15.5 Å². The SMILES string of the molecule is N#Cc1cc([N+](=O)[O-])ccc1NC(=O)Cn1nc(-n2cccn2)ccc1=O. The molecule has 0 radical (unpaired) electrons. The van der Waals surface area contributed by atoms with Gasteiger partial charge in [-0.2, -0.15) is 10.4 Å². The van der Waals surface area contributed by atoms with Crippen molar-refractivity contribution >= 4 is 17.3 Å². The fourth-order valence-corrected chi connectivity index (χ4v) is 2.25. The summed E-state index contributed by atoms with van der Waals surface area (Å²) in [7, 11) is 0. The number of hydrogen-bond acceptors (Lipinski definition) is 7. The maximum absolute atomic E-state index is 12.2. The second-order valence-electron chi connectivity index (χ2n) is 5.29. The molecular formula is C16H11N7O4. The molecule has 3 aromatic rings. The van der Waals surface area contributed by atoms with Crippen LogP contribution in [0.3, 0.4) is 0 Å². The molecule has 1 amide bonds. The molecule has 2 heterocycles. The predicted octanol–water partition coefficient (Wildman–Crippen LogP) is 0.848. The Morgan fingerprint density at radius 3 is 2.81 bits per heavy atom. The monoisotopic (exact) mass is 365 g/mol. The van der Waals surface area contributed by atoms with E-state index in [1.54, 1.807) is 24.5 Å². The number of nitro benzene ring substituents is 1. The maximum atomic E-state index is 12.2. The Labute approximate surface area is 151 Å². The van der Waals surface area contributed by atoms with Crippen molar-refractivity contribution in [1.82, 2.24) is 19.6 Å². The van der Waals surface area contributed by atoms with E-state index < -0.39 is 22.9 Å². The molecule has 0 fully saturated rings. The number of rotatable bonds is 5. The van der Waals surface area contributed by atoms with Crippen LogP contribution in [-0.4, -0.2) is 30.4 Å². The molecule has 0 aliphatic heterocycles. The van der Waals surface area contributed by atoms with Gasteiger partial charge in [-0.05, 0) is 18.2 Å². The van der Waals surface area contributed by atoms with E-state index in [4.69, 9.17) is 5.26 Å². The first-order valence-electron chi connectivity index (χ1n) is 7.54. The van der Waals surface area contributed by atoms with Crippen LogP contribution in [0, 0.1) is 21.4 Å². The number of nitro groups is 1. The Kier molecular flexibility index (Phi) is 4.71. The average molecular weight is 365 g/mol. The van der Waals surface area contributed by atoms with Crippen molar-refractivity contribution in [2.45, 2.75) is 6.54 Å². The molecule has 0 unspecified atom stereocenters. The minimum absolute atomic E-state index is 0.0665. The van der Waals surface area contributed by atoms with Gasteiger partial charge in [0.05, 0.1) is 16.2 Å². The molecule has 134 valence electrons. The number of anilines is 1. The molecule has 0 atom stereocenters. The number of carbonyl (C=O) groups excluding carboxylic acids is 1. The Morgan fingerprint density at radius 1 is 1.33 bits per heavy atom. The standard InChI is InChI=1S/C16H11N7O4/c17-9-11-8-12(23(26)27)2-3-13(11)19-15(24)10-22-16(25)5-4-14(20-22)21-7-1-6-18-21/h1-8H,10H2,(H,19,24). The lowest BCUT2D eigenvalue weighted by molar-refractivity contribution is -0.384. The lowest BCUT2D eigenvalue weighted by Crippen LogP contribution is -2.30. The van der Waals surface area contributed by atoms with Gasteiger partial charge in [0, 0.05) is 30.6 Å². The van der Waals surface area contributed by atoms with Crippen molar-refractivity contribution in [3.05, 3.63) is 74.8 Å². The summed E-state index contributed by atoms with van der Waals surface area (Å²) in [4.78, 5) is 34.3. The van der Waals surface area contributed by atoms with Crippen LogP contribution in [0.5, 0.6) is 0 Å². The first kappa shape index (κ1) is 17.5. The van der Waals surface area contributed by atoms with Gasteiger partial charge in [0.15, 0.2) is 5.82 Å². The van der Waals surface area contributed by atoms with Crippen molar-refractivity contribution in [3.8, 4) is 11.9 Å². The molecule has 0 aliphatic rings. The van der Waals surface area contributed by atoms with E-state index in [0.717, 1.165) is 10.7 Å². The molecule has 11 nitrogen and oxygen atoms in total. The van der Waals surface area contributed by atoms with Crippen molar-refractivity contribution < 1.29 is 9.72 Å². The van der Waals surface area contributed by atoms with Crippen molar-refractivity contribution in [2.75, 3.05) is 5.32 Å². The minimum atomic E-state index is -0.642. The number of amides is 1. The van der Waals surface area contributed by atoms with Crippen LogP contribution in [-0.2, 0) is 11.3 Å². The molecule has 3 rings (SSSR count). The third kappa shape index (κ3) is 3.85. The molecule has 0 aliphatic carbocycles. The van der Waals surface area contributed by atoms with Gasteiger partial charge < -0.3 is 5.32 Å². The third-order valence-electron chi connectivity index (χ3n) is 3.49. The summed E-state index contributed by atoms with van der Waals surface area (Å²) in [5.41, 5.74) is -0.729. The topological polar surface area (TPSA) is 149 Å². The number of benzene rings is 1. The first-order chi connectivity index (χ1) is 13.0. The summed E-state index contributed by atoms with van der Waals surface area (Å²) in [6.45, 7) is -0.407. The summed E-state index contributed by atoms with van der Waals surface area (Å²) in [5, 5.41) is 30.4. The lowest BCUT2D eigenvalue weighted by atomic mass is 10.1. The van der Waals surface area contributed by atoms with Crippen LogP contribution >= 0.6 is 0 Å². The summed E-state index contributed by atoms with van der Waals surface area (Å²) < 4.78 is 2.38. The Hall–Kier alpha value is -4.33. The molecule has 27 heavy (non-hydrogen) atoms. The van der Waals surface area contributed by atoms with Crippen molar-refractivity contribution in [3.63, 3.8) is 0 Å². The van der Waals surface area contributed by atoms with E-state index >= 15 is 0 Å². The van der Waals surface area contributed by atoms with Crippen LogP contribution in [0.15, 0.2) is 53.6 Å². The molecule has 0 saturated heterocycles. The molecule has 0 saturated carbocycles. The first-order valence-corrected chi connectivity index (χ1v) is 7.54. The fourth-order valence-electron chi connectivity index (χ4n) is 2.25. The average Bonchev–Trinajstić information content (AvgIpc) is 3.18. The molecular weight excluding hydrogens is 354 g/mol. The van der Waals surface area contributed by atoms with Gasteiger partial charge in [0.1, 0.15) is 12.6 Å². The molecule has 0 spiro atoms. The largest absolute Gasteiger partial charge is 0.323 e. The van der Waals surface area contributed by atoms with E-state index in [-0.39, 0.29) is 16.9 Å². The summed E-state index contributed by atoms with van der Waals surface area (Å²) >= 11 is 0. The highest BCUT2D eigenvalue weighted by atomic mass is 16.6. The quantitative estimate of drug-likeness (QED) is 0.520. The summed E-state index contributed by atoms with van der Waals surface area (Å²) in [6, 6.07) is 9.66. The highest BCUT2D eigenvalue weighted by molar-refractivity contribution is 5.92. The molecule has 0 bridgehead atoms. The molecule has 2 aromatic heterocycles. The fraction of sp³-hybridized carbons (Fsp3) is 0.0625. The number of carbonyl (C=O) groups is 1. The number of non-ortho nitro benzene ring substituents is 1. The second-order valence-corrected chi connectivity index (χ2v) is 5.29. The van der Waals surface area contributed by atoms with Gasteiger partial charge in [0.2, 0.25) is 5.91 Å². The number of nitriles is 1. The van der Waals surface area contributed by atoms with Crippen LogP contribution in [0.1, 0.15) is 5.56 Å². The molecule has 1 aromatic carbocycles. The van der Waals surface area contributed by atoms with Gasteiger partial charge in [-0.25, -0.2) is 9.36 Å². The second kappa shape index (κ2) is 7.28. The molecule has 11 heteroatoms. The molecule has 1 N–H and O–H groups in total. The van der Waals surface area contributed by atoms with E-state index in [0.29, 0.717) is 5.82 Å². The summed E-state index contributed by atoms with van der Waals surface area (Å²) in [5.74, 6) is -0.270. The van der Waals surface area contributed by atoms with Gasteiger partial charge in [-0.1, -0.05) is 0 Å². The van der Waals surface area contributed by atoms with Crippen LogP contribution in [0.2, 0.25) is 0 Å². The van der Waals surface area contributed by atoms with Crippen LogP contribution in [0.4, 0.5) is 11.4 Å². The van der Waals surface area contributed by atoms with Gasteiger partial charge >= 0.3 is 0 Å². The number of aromatic nitrogens is 4. The van der Waals surface area contributed by atoms with E-state index in [1.165, 1.54) is 28.9 Å². The smallest absolute Gasteiger partial charge is 0.270 e. The van der Waals surface area contributed by atoms with Gasteiger partial charge in [-0.3, -0.25) is 19.7 Å².